The Morgan fingerprint density at radius 2 is 2.31 bits per heavy atom. The van der Waals surface area contributed by atoms with Crippen molar-refractivity contribution in [2.75, 3.05) is 13.7 Å². The van der Waals surface area contributed by atoms with Crippen molar-refractivity contribution in [2.24, 2.45) is 0 Å². The van der Waals surface area contributed by atoms with E-state index in [4.69, 9.17) is 5.11 Å². The average Bonchev–Trinajstić information content (AvgIpc) is 2.13. The van der Waals surface area contributed by atoms with Crippen molar-refractivity contribution in [3.05, 3.63) is 33.1 Å². The molecule has 1 aromatic rings. The normalized spacial score (nSPS) is 12.9. The van der Waals surface area contributed by atoms with E-state index in [9.17, 15) is 4.39 Å². The summed E-state index contributed by atoms with van der Waals surface area (Å²) in [5.41, 5.74) is 0.511. The largest absolute Gasteiger partial charge is 0.394 e. The molecule has 1 aromatic carbocycles. The number of hydrogen-bond donors (Lipinski definition) is 2. The van der Waals surface area contributed by atoms with Gasteiger partial charge in [-0.1, -0.05) is 0 Å². The molecule has 1 rings (SSSR count). The van der Waals surface area contributed by atoms with E-state index in [0.717, 1.165) is 3.57 Å². The number of aliphatic hydroxyl groups is 1. The molecule has 0 radical (unpaired) electrons. The number of nitrogens with one attached hydrogen (secondary N) is 1. The van der Waals surface area contributed by atoms with Crippen molar-refractivity contribution in [3.8, 4) is 0 Å². The van der Waals surface area contributed by atoms with Gasteiger partial charge in [-0.3, -0.25) is 0 Å². The smallest absolute Gasteiger partial charge is 0.128 e. The van der Waals surface area contributed by atoms with Crippen LogP contribution in [0.15, 0.2) is 18.2 Å². The van der Waals surface area contributed by atoms with Crippen molar-refractivity contribution in [1.82, 2.24) is 5.32 Å². The molecular weight excluding hydrogens is 284 g/mol. The molecule has 13 heavy (non-hydrogen) atoms. The second kappa shape index (κ2) is 4.88. The third-order valence-corrected chi connectivity index (χ3v) is 2.54. The highest BCUT2D eigenvalue weighted by Gasteiger charge is 2.12. The Morgan fingerprint density at radius 3 is 2.85 bits per heavy atom. The molecule has 0 amide bonds. The van der Waals surface area contributed by atoms with Crippen LogP contribution in [0.5, 0.6) is 0 Å². The summed E-state index contributed by atoms with van der Waals surface area (Å²) in [5, 5.41) is 11.8. The van der Waals surface area contributed by atoms with E-state index in [1.165, 1.54) is 6.07 Å². The topological polar surface area (TPSA) is 32.3 Å². The molecular formula is C9H11FINO. The highest BCUT2D eigenvalue weighted by atomic mass is 127. The summed E-state index contributed by atoms with van der Waals surface area (Å²) < 4.78 is 14.2. The van der Waals surface area contributed by atoms with Gasteiger partial charge >= 0.3 is 0 Å². The van der Waals surface area contributed by atoms with Crippen LogP contribution in [0.2, 0.25) is 0 Å². The second-order valence-corrected chi connectivity index (χ2v) is 3.94. The lowest BCUT2D eigenvalue weighted by molar-refractivity contribution is 0.248. The second-order valence-electron chi connectivity index (χ2n) is 2.69. The molecule has 0 aliphatic rings. The summed E-state index contributed by atoms with van der Waals surface area (Å²) in [6.07, 6.45) is 0. The predicted octanol–water partition coefficient (Wildman–Crippen LogP) is 1.68. The number of hydrogen-bond acceptors (Lipinski definition) is 2. The third-order valence-electron chi connectivity index (χ3n) is 1.86. The van der Waals surface area contributed by atoms with Crippen LogP contribution in [-0.2, 0) is 0 Å². The molecule has 0 heterocycles. The van der Waals surface area contributed by atoms with E-state index >= 15 is 0 Å². The molecule has 1 unspecified atom stereocenters. The molecule has 2 nitrogen and oxygen atoms in total. The first kappa shape index (κ1) is 10.9. The van der Waals surface area contributed by atoms with E-state index < -0.39 is 0 Å². The van der Waals surface area contributed by atoms with Crippen LogP contribution in [-0.4, -0.2) is 18.8 Å². The van der Waals surface area contributed by atoms with Gasteiger partial charge in [0.1, 0.15) is 5.82 Å². The summed E-state index contributed by atoms with van der Waals surface area (Å²) in [5.74, 6) is -0.284. The molecule has 0 fully saturated rings. The van der Waals surface area contributed by atoms with E-state index in [2.05, 4.69) is 27.9 Å². The predicted molar refractivity (Wildman–Crippen MR) is 58.0 cm³/mol. The van der Waals surface area contributed by atoms with Gasteiger partial charge < -0.3 is 10.4 Å². The maximum Gasteiger partial charge on any atom is 0.128 e. The van der Waals surface area contributed by atoms with E-state index in [-0.39, 0.29) is 18.5 Å². The molecule has 0 aromatic heterocycles. The van der Waals surface area contributed by atoms with Crippen LogP contribution < -0.4 is 5.32 Å². The van der Waals surface area contributed by atoms with Gasteiger partial charge in [0, 0.05) is 9.13 Å². The molecule has 4 heteroatoms. The molecule has 1 atom stereocenters. The lowest BCUT2D eigenvalue weighted by atomic mass is 10.1. The Balaban J connectivity index is 3.03. The summed E-state index contributed by atoms with van der Waals surface area (Å²) in [4.78, 5) is 0. The lowest BCUT2D eigenvalue weighted by Crippen LogP contribution is -2.21. The molecule has 0 aliphatic heterocycles. The van der Waals surface area contributed by atoms with Crippen LogP contribution in [0.4, 0.5) is 4.39 Å². The van der Waals surface area contributed by atoms with Gasteiger partial charge in [0.15, 0.2) is 0 Å². The highest BCUT2D eigenvalue weighted by molar-refractivity contribution is 14.1. The van der Waals surface area contributed by atoms with E-state index in [1.54, 1.807) is 19.2 Å². The first-order valence-corrected chi connectivity index (χ1v) is 5.00. The van der Waals surface area contributed by atoms with Crippen molar-refractivity contribution in [1.29, 1.82) is 0 Å². The Bertz CT molecular complexity index is 289. The van der Waals surface area contributed by atoms with Crippen LogP contribution in [0.3, 0.4) is 0 Å². The fourth-order valence-corrected chi connectivity index (χ4v) is 1.64. The zero-order valence-electron chi connectivity index (χ0n) is 7.22. The van der Waals surface area contributed by atoms with Gasteiger partial charge in [-0.05, 0) is 47.8 Å². The van der Waals surface area contributed by atoms with Gasteiger partial charge in [-0.15, -0.1) is 0 Å². The Kier molecular flexibility index (Phi) is 4.08. The van der Waals surface area contributed by atoms with Crippen molar-refractivity contribution >= 4 is 22.6 Å². The number of aliphatic hydroxyl groups excluding tert-OH is 1. The van der Waals surface area contributed by atoms with Crippen molar-refractivity contribution in [2.45, 2.75) is 6.04 Å². The molecule has 2 N–H and O–H groups in total. The number of halogens is 2. The summed E-state index contributed by atoms with van der Waals surface area (Å²) in [7, 11) is 1.69. The van der Waals surface area contributed by atoms with E-state index in [0.29, 0.717) is 5.56 Å². The minimum Gasteiger partial charge on any atom is -0.394 e. The molecule has 0 spiro atoms. The SMILES string of the molecule is CNC(CO)c1cc(I)ccc1F. The first-order valence-electron chi connectivity index (χ1n) is 3.92. The monoisotopic (exact) mass is 295 g/mol. The van der Waals surface area contributed by atoms with Gasteiger partial charge in [0.25, 0.3) is 0 Å². The van der Waals surface area contributed by atoms with Crippen LogP contribution in [0.1, 0.15) is 11.6 Å². The Morgan fingerprint density at radius 1 is 1.62 bits per heavy atom. The van der Waals surface area contributed by atoms with Gasteiger partial charge in [-0.2, -0.15) is 0 Å². The quantitative estimate of drug-likeness (QED) is 0.832. The minimum absolute atomic E-state index is 0.104. The average molecular weight is 295 g/mol. The Hall–Kier alpha value is -0.200. The lowest BCUT2D eigenvalue weighted by Gasteiger charge is -2.14. The molecule has 0 saturated carbocycles. The maximum absolute atomic E-state index is 13.2. The Labute approximate surface area is 90.3 Å². The fourth-order valence-electron chi connectivity index (χ4n) is 1.13. The fraction of sp³-hybridized carbons (Fsp3) is 0.333. The summed E-state index contributed by atoms with van der Waals surface area (Å²) in [6.45, 7) is -0.104. The molecule has 0 saturated heterocycles. The zero-order valence-corrected chi connectivity index (χ0v) is 9.38. The zero-order chi connectivity index (χ0) is 9.84. The third kappa shape index (κ3) is 2.62. The number of likely N-dealkylation sites (N-methyl/N-ethyl adjacent to an activating group) is 1. The van der Waals surface area contributed by atoms with E-state index in [1.807, 2.05) is 0 Å². The molecule has 0 aliphatic carbocycles. The van der Waals surface area contributed by atoms with Crippen LogP contribution in [0.25, 0.3) is 0 Å². The van der Waals surface area contributed by atoms with Gasteiger partial charge in [-0.25, -0.2) is 4.39 Å². The number of benzene rings is 1. The van der Waals surface area contributed by atoms with Gasteiger partial charge in [0.05, 0.1) is 12.6 Å². The maximum atomic E-state index is 13.2. The van der Waals surface area contributed by atoms with Crippen LogP contribution in [0, 0.1) is 9.39 Å². The summed E-state index contributed by atoms with van der Waals surface area (Å²) in [6, 6.07) is 4.52. The van der Waals surface area contributed by atoms with Gasteiger partial charge in [0.2, 0.25) is 0 Å². The van der Waals surface area contributed by atoms with Crippen molar-refractivity contribution < 1.29 is 9.50 Å². The summed E-state index contributed by atoms with van der Waals surface area (Å²) >= 11 is 2.11. The number of rotatable bonds is 3. The molecule has 72 valence electrons. The standard InChI is InChI=1S/C9H11FINO/c1-12-9(5-13)7-4-6(11)2-3-8(7)10/h2-4,9,12-13H,5H2,1H3. The first-order chi connectivity index (χ1) is 6.19. The van der Waals surface area contributed by atoms with Crippen molar-refractivity contribution in [3.63, 3.8) is 0 Å². The highest BCUT2D eigenvalue weighted by Crippen LogP contribution is 2.19. The molecule has 0 bridgehead atoms. The van der Waals surface area contributed by atoms with Crippen LogP contribution >= 0.6 is 22.6 Å². The minimum atomic E-state index is -0.324.